The molecule has 0 aliphatic heterocycles. The molecular formula is C111H116Cl8N4O4Ti4. The molecule has 20 heteroatoms. The first-order chi connectivity index (χ1) is 64.2. The van der Waals surface area contributed by atoms with Crippen molar-refractivity contribution in [1.82, 2.24) is 0 Å². The van der Waals surface area contributed by atoms with Gasteiger partial charge in [0, 0.05) is 58.2 Å². The first-order valence-corrected chi connectivity index (χ1v) is 63.5. The minimum atomic E-state index is -0.556. The Labute approximate surface area is 843 Å². The monoisotopic (exact) mass is 2040 g/mol. The predicted molar refractivity (Wildman–Crippen MR) is 548 cm³/mol. The van der Waals surface area contributed by atoms with Crippen LogP contribution in [-0.4, -0.2) is 45.3 Å². The molecule has 4 N–H and O–H groups in total. The van der Waals surface area contributed by atoms with Crippen LogP contribution in [0.5, 0.6) is 23.0 Å². The van der Waals surface area contributed by atoms with Gasteiger partial charge in [-0.25, -0.2) is 0 Å². The molecule has 3 unspecified atom stereocenters. The van der Waals surface area contributed by atoms with Crippen molar-refractivity contribution >= 4 is 154 Å². The van der Waals surface area contributed by atoms with Crippen LogP contribution in [0.3, 0.4) is 0 Å². The van der Waals surface area contributed by atoms with E-state index in [1.54, 1.807) is 6.21 Å². The Morgan fingerprint density at radius 2 is 0.595 bits per heavy atom. The standard InChI is InChI=1S/C29H27NO.C28H21NO.C28H37NO.C26H31NO.8ClH.4Ti/c31-29-24(20-30-25-14-5-2-6-15-25)18-23(21-10-3-1-4-11-21)19-28(29)27-17-9-13-22-12-7-8-16-26(22)27;1-19-14-23(18-29-24-11-3-2-4-12-24)28(30)27(15-19)25-13-7-10-22-16-20-8-5-6-9-21(20)17-26(22)25;30-28-25(21-29-26-17-11-6-12-18-26)19-24(22-13-9-5-10-14-22)20-27(28)23-15-7-3-1-2-4-8-16-23;28-26-22(17-27-23-9-5-2-6-10-23)15-21(19-7-3-1-4-8-19)16-25(26)24-14-18-11-12-20(24)13-18;;;;;;;;;;;;/h2,5-9,12-21,31H,1,3-4,10-11H2;2-18,30H,1H3;6,11-12,17-23,30H,1-5,7-10,13-16H2;2,5-6,9-10,15-20,24,28H,1,3-4,7-8,11-14H2;8*1H;;;;/q;;;;;;;;;;;;4*+2/p-8. The van der Waals surface area contributed by atoms with Crippen molar-refractivity contribution in [2.75, 3.05) is 0 Å². The molecule has 13 aromatic carbocycles. The molecule has 19 rings (SSSR count). The van der Waals surface area contributed by atoms with Crippen molar-refractivity contribution in [2.24, 2.45) is 31.8 Å². The summed E-state index contributed by atoms with van der Waals surface area (Å²) in [4.78, 5) is 18.5. The van der Waals surface area contributed by atoms with Gasteiger partial charge in [0.05, 0.1) is 22.7 Å². The van der Waals surface area contributed by atoms with E-state index in [0.717, 1.165) is 95.3 Å². The molecule has 0 spiro atoms. The number of benzene rings is 13. The molecule has 0 amide bonds. The van der Waals surface area contributed by atoms with E-state index in [1.807, 2.05) is 165 Å². The first kappa shape index (κ1) is 104. The van der Waals surface area contributed by atoms with E-state index < -0.39 is 68.1 Å². The predicted octanol–water partition coefficient (Wildman–Crippen LogP) is 36.4. The van der Waals surface area contributed by atoms with Gasteiger partial charge in [0.2, 0.25) is 0 Å². The Morgan fingerprint density at radius 1 is 0.267 bits per heavy atom. The van der Waals surface area contributed by atoms with Crippen LogP contribution in [0.15, 0.2) is 287 Å². The third-order valence-electron chi connectivity index (χ3n) is 26.5. The van der Waals surface area contributed by atoms with Gasteiger partial charge in [-0.15, -0.1) is 0 Å². The average Bonchev–Trinajstić information content (AvgIpc) is 1.59. The third kappa shape index (κ3) is 30.8. The number of phenols is 4. The van der Waals surface area contributed by atoms with Gasteiger partial charge in [0.1, 0.15) is 23.0 Å². The fourth-order valence-corrected chi connectivity index (χ4v) is 20.2. The molecule has 131 heavy (non-hydrogen) atoms. The van der Waals surface area contributed by atoms with E-state index in [-0.39, 0.29) is 5.75 Å². The van der Waals surface area contributed by atoms with Gasteiger partial charge >= 0.3 is 143 Å². The molecule has 0 heterocycles. The number of nitrogens with zero attached hydrogens (tertiary/aromatic N) is 4. The van der Waals surface area contributed by atoms with Gasteiger partial charge in [-0.05, 0) is 293 Å². The van der Waals surface area contributed by atoms with Crippen LogP contribution >= 0.6 is 74.4 Å². The maximum absolute atomic E-state index is 11.3. The minimum absolute atomic E-state index is 0.251. The quantitative estimate of drug-likeness (QED) is 0.0463. The molecule has 6 aliphatic carbocycles. The second-order valence-electron chi connectivity index (χ2n) is 34.9. The molecule has 6 aliphatic rings. The molecule has 13 aromatic rings. The summed E-state index contributed by atoms with van der Waals surface area (Å²) in [6, 6.07) is 91.0. The van der Waals surface area contributed by atoms with Crippen LogP contribution in [0.1, 0.15) is 259 Å². The summed E-state index contributed by atoms with van der Waals surface area (Å²) < 4.78 is 0. The van der Waals surface area contributed by atoms with E-state index in [9.17, 15) is 20.4 Å². The number of hydrogen-bond acceptors (Lipinski definition) is 8. The summed E-state index contributed by atoms with van der Waals surface area (Å²) >= 11 is -2.22. The maximum atomic E-state index is 11.3. The van der Waals surface area contributed by atoms with E-state index in [4.69, 9.17) is 74.4 Å². The number of fused-ring (bicyclic) bond motifs is 5. The third-order valence-corrected chi connectivity index (χ3v) is 26.5. The molecular weight excluding hydrogens is 1930 g/mol. The van der Waals surface area contributed by atoms with Crippen LogP contribution in [0, 0.1) is 18.8 Å². The number of hydrogen-bond donors (Lipinski definition) is 4. The van der Waals surface area contributed by atoms with Crippen molar-refractivity contribution in [3.8, 4) is 45.3 Å². The molecule has 2 bridgehead atoms. The molecule has 6 fully saturated rings. The van der Waals surface area contributed by atoms with Crippen LogP contribution in [0.2, 0.25) is 0 Å². The molecule has 6 saturated carbocycles. The Hall–Kier alpha value is -6.30. The zero-order chi connectivity index (χ0) is 91.9. The Balaban J connectivity index is 0.000000151. The summed E-state index contributed by atoms with van der Waals surface area (Å²) in [6.07, 6.45) is 42.6. The number of aromatic hydroxyl groups is 4. The van der Waals surface area contributed by atoms with E-state index in [1.165, 1.54) is 217 Å². The summed E-state index contributed by atoms with van der Waals surface area (Å²) in [5, 5.41) is 51.9. The summed E-state index contributed by atoms with van der Waals surface area (Å²) in [7, 11) is 39.1. The normalized spacial score (nSPS) is 17.1. The second kappa shape index (κ2) is 56.4. The number of rotatable bonds is 15. The van der Waals surface area contributed by atoms with Gasteiger partial charge in [0.15, 0.2) is 0 Å². The SMILES string of the molecule is Cc1cc(C=Nc2ccccc2)c(O)c(-c2cccc3cc4ccccc4cc23)c1.Oc1c(C=Nc2ccccc2)cc(C2CCCCC2)cc1-c1cccc2ccccc12.Oc1c(C=Nc2ccccc2)cc(C2CCCCC2)cc1C1CC2CCC1C2.Oc1c(C=Nc2ccccc2)cc(C2CCCCC2)cc1C1CCCCCCCC1.[Cl][Ti][Cl].[Cl][Ti][Cl].[Cl][Ti][Cl].[Cl][Ti][Cl]. The Morgan fingerprint density at radius 3 is 1.02 bits per heavy atom. The van der Waals surface area contributed by atoms with Crippen LogP contribution in [0.25, 0.3) is 54.6 Å². The molecule has 3 atom stereocenters. The summed E-state index contributed by atoms with van der Waals surface area (Å²) in [5.41, 5.74) is 18.4. The van der Waals surface area contributed by atoms with Gasteiger partial charge in [-0.1, -0.05) is 273 Å². The molecule has 0 aromatic heterocycles. The van der Waals surface area contributed by atoms with E-state index >= 15 is 0 Å². The Kier molecular flexibility index (Phi) is 44.6. The van der Waals surface area contributed by atoms with Crippen molar-refractivity contribution in [3.63, 3.8) is 0 Å². The fourth-order valence-electron chi connectivity index (χ4n) is 20.2. The van der Waals surface area contributed by atoms with Gasteiger partial charge in [0.25, 0.3) is 0 Å². The average molecular weight is 2050 g/mol. The van der Waals surface area contributed by atoms with Crippen molar-refractivity contribution in [1.29, 1.82) is 0 Å². The number of aliphatic imine (C=N–C) groups is 4. The summed E-state index contributed by atoms with van der Waals surface area (Å²) in [6.45, 7) is 2.04. The first-order valence-electron chi connectivity index (χ1n) is 46.3. The Bertz CT molecular complexity index is 5800. The molecule has 676 valence electrons. The van der Waals surface area contributed by atoms with E-state index in [2.05, 4.69) is 147 Å². The zero-order valence-corrected chi connectivity index (χ0v) is 86.7. The number of phenolic OH excluding ortho intramolecular Hbond substituents is 4. The fraction of sp³-hybridized carbons (Fsp3) is 0.315. The number of para-hydroxylation sites is 4. The van der Waals surface area contributed by atoms with Crippen molar-refractivity contribution < 1.29 is 88.6 Å². The molecule has 0 radical (unpaired) electrons. The topological polar surface area (TPSA) is 130 Å². The van der Waals surface area contributed by atoms with Gasteiger partial charge < -0.3 is 20.4 Å². The van der Waals surface area contributed by atoms with Crippen molar-refractivity contribution in [2.45, 2.75) is 210 Å². The van der Waals surface area contributed by atoms with Gasteiger partial charge in [-0.3, -0.25) is 20.0 Å². The van der Waals surface area contributed by atoms with E-state index in [0.29, 0.717) is 52.4 Å². The number of aryl methyl sites for hydroxylation is 1. The molecule has 8 nitrogen and oxygen atoms in total. The zero-order valence-electron chi connectivity index (χ0n) is 74.4. The van der Waals surface area contributed by atoms with Crippen LogP contribution in [0.4, 0.5) is 22.7 Å². The van der Waals surface area contributed by atoms with Crippen LogP contribution in [-0.2, 0) is 68.1 Å². The van der Waals surface area contributed by atoms with Crippen molar-refractivity contribution in [3.05, 3.63) is 323 Å². The molecule has 0 saturated heterocycles. The second-order valence-corrected chi connectivity index (χ2v) is 45.3. The van der Waals surface area contributed by atoms with Crippen LogP contribution < -0.4 is 0 Å². The summed E-state index contributed by atoms with van der Waals surface area (Å²) in [5.74, 6) is 6.03. The number of halogens is 8. The van der Waals surface area contributed by atoms with Gasteiger partial charge in [-0.2, -0.15) is 0 Å².